The molecule has 8 heteroatoms. The lowest BCUT2D eigenvalue weighted by Gasteiger charge is -2.18. The summed E-state index contributed by atoms with van der Waals surface area (Å²) >= 11 is 0. The number of aromatic nitrogens is 1. The number of carbonyl (C=O) groups is 1. The molecule has 3 rings (SSSR count). The molecule has 1 heterocycles. The molecule has 158 valence electrons. The highest BCUT2D eigenvalue weighted by Crippen LogP contribution is 2.40. The van der Waals surface area contributed by atoms with E-state index in [1.807, 2.05) is 0 Å². The molecule has 30 heavy (non-hydrogen) atoms. The van der Waals surface area contributed by atoms with E-state index in [9.17, 15) is 14.0 Å². The number of amides is 1. The molecule has 0 saturated carbocycles. The smallest absolute Gasteiger partial charge is 0.272 e. The van der Waals surface area contributed by atoms with Crippen LogP contribution in [-0.2, 0) is 0 Å². The van der Waals surface area contributed by atoms with Crippen LogP contribution in [0, 0.1) is 5.82 Å². The Bertz CT molecular complexity index is 1150. The van der Waals surface area contributed by atoms with Crippen molar-refractivity contribution in [2.45, 2.75) is 19.9 Å². The van der Waals surface area contributed by atoms with Gasteiger partial charge in [0.1, 0.15) is 11.5 Å². The number of benzene rings is 2. The van der Waals surface area contributed by atoms with Crippen molar-refractivity contribution < 1.29 is 23.4 Å². The second-order valence-corrected chi connectivity index (χ2v) is 6.90. The van der Waals surface area contributed by atoms with Gasteiger partial charge in [0, 0.05) is 23.9 Å². The molecule has 7 nitrogen and oxygen atoms in total. The zero-order chi connectivity index (χ0) is 22.0. The van der Waals surface area contributed by atoms with Crippen LogP contribution in [0.25, 0.3) is 10.8 Å². The molecule has 1 aromatic heterocycles. The molecule has 0 bridgehead atoms. The molecular formula is C22H23FN2O5. The first-order chi connectivity index (χ1) is 14.3. The Morgan fingerprint density at radius 1 is 1.00 bits per heavy atom. The summed E-state index contributed by atoms with van der Waals surface area (Å²) in [5, 5.41) is 3.46. The maximum atomic E-state index is 13.6. The second-order valence-electron chi connectivity index (χ2n) is 6.90. The van der Waals surface area contributed by atoms with Gasteiger partial charge in [-0.2, -0.15) is 0 Å². The van der Waals surface area contributed by atoms with E-state index in [0.29, 0.717) is 28.3 Å². The van der Waals surface area contributed by atoms with Gasteiger partial charge in [-0.05, 0) is 37.4 Å². The number of halogens is 1. The summed E-state index contributed by atoms with van der Waals surface area (Å²) in [4.78, 5) is 26.0. The molecule has 0 atom stereocenters. The molecule has 0 spiro atoms. The third-order valence-electron chi connectivity index (χ3n) is 4.69. The van der Waals surface area contributed by atoms with Crippen LogP contribution in [0.2, 0.25) is 0 Å². The maximum absolute atomic E-state index is 13.6. The number of hydrogen-bond acceptors (Lipinski definition) is 5. The number of nitrogens with zero attached hydrogens (tertiary/aromatic N) is 1. The van der Waals surface area contributed by atoms with E-state index < -0.39 is 17.3 Å². The number of fused-ring (bicyclic) bond motifs is 1. The lowest BCUT2D eigenvalue weighted by Crippen LogP contribution is -2.30. The highest BCUT2D eigenvalue weighted by molar-refractivity contribution is 6.05. The van der Waals surface area contributed by atoms with Gasteiger partial charge in [0.15, 0.2) is 11.5 Å². The zero-order valence-electron chi connectivity index (χ0n) is 17.4. The summed E-state index contributed by atoms with van der Waals surface area (Å²) in [5.41, 5.74) is 0.122. The number of carbonyl (C=O) groups excluding carboxylic acids is 1. The highest BCUT2D eigenvalue weighted by Gasteiger charge is 2.20. The Balaban J connectivity index is 2.11. The van der Waals surface area contributed by atoms with Crippen LogP contribution in [0.4, 0.5) is 10.1 Å². The van der Waals surface area contributed by atoms with E-state index in [1.165, 1.54) is 44.1 Å². The number of anilines is 1. The van der Waals surface area contributed by atoms with Gasteiger partial charge in [0.2, 0.25) is 5.75 Å². The molecule has 0 aliphatic heterocycles. The average molecular weight is 414 g/mol. The molecule has 0 aliphatic rings. The molecule has 2 aromatic carbocycles. The van der Waals surface area contributed by atoms with Gasteiger partial charge in [-0.15, -0.1) is 0 Å². The third-order valence-corrected chi connectivity index (χ3v) is 4.69. The third kappa shape index (κ3) is 3.80. The molecule has 1 amide bonds. The molecule has 0 radical (unpaired) electrons. The number of rotatable bonds is 6. The number of ether oxygens (including phenoxy) is 3. The fourth-order valence-electron chi connectivity index (χ4n) is 3.33. The second kappa shape index (κ2) is 8.44. The normalized spacial score (nSPS) is 10.9. The van der Waals surface area contributed by atoms with Gasteiger partial charge >= 0.3 is 0 Å². The predicted molar refractivity (Wildman–Crippen MR) is 113 cm³/mol. The minimum absolute atomic E-state index is 0.155. The van der Waals surface area contributed by atoms with Crippen LogP contribution in [-0.4, -0.2) is 31.8 Å². The number of nitrogens with one attached hydrogen (secondary N) is 1. The predicted octanol–water partition coefficient (Wildman–Crippen LogP) is 4.00. The number of hydrogen-bond donors (Lipinski definition) is 1. The topological polar surface area (TPSA) is 78.8 Å². The van der Waals surface area contributed by atoms with Crippen molar-refractivity contribution in [1.82, 2.24) is 4.57 Å². The van der Waals surface area contributed by atoms with Gasteiger partial charge < -0.3 is 24.1 Å². The summed E-state index contributed by atoms with van der Waals surface area (Å²) in [5.74, 6) is 0.139. The first-order valence-corrected chi connectivity index (χ1v) is 9.26. The van der Waals surface area contributed by atoms with Crippen molar-refractivity contribution in [2.75, 3.05) is 26.6 Å². The van der Waals surface area contributed by atoms with Crippen LogP contribution < -0.4 is 25.1 Å². The molecule has 0 aliphatic carbocycles. The Morgan fingerprint density at radius 2 is 1.63 bits per heavy atom. The van der Waals surface area contributed by atoms with Crippen molar-refractivity contribution in [3.63, 3.8) is 0 Å². The van der Waals surface area contributed by atoms with Gasteiger partial charge in [-0.3, -0.25) is 9.59 Å². The minimum atomic E-state index is -0.510. The summed E-state index contributed by atoms with van der Waals surface area (Å²) < 4.78 is 30.9. The Hall–Kier alpha value is -3.55. The summed E-state index contributed by atoms with van der Waals surface area (Å²) in [6.07, 6.45) is 0. The van der Waals surface area contributed by atoms with Crippen LogP contribution in [0.5, 0.6) is 17.2 Å². The summed E-state index contributed by atoms with van der Waals surface area (Å²) in [6.45, 7) is 3.56. The van der Waals surface area contributed by atoms with Crippen LogP contribution in [0.1, 0.15) is 30.4 Å². The van der Waals surface area contributed by atoms with Crippen molar-refractivity contribution in [1.29, 1.82) is 0 Å². The first-order valence-electron chi connectivity index (χ1n) is 9.26. The summed E-state index contributed by atoms with van der Waals surface area (Å²) in [6, 6.07) is 8.35. The fraction of sp³-hybridized carbons (Fsp3) is 0.273. The average Bonchev–Trinajstić information content (AvgIpc) is 2.72. The first kappa shape index (κ1) is 21.2. The molecule has 0 unspecified atom stereocenters. The van der Waals surface area contributed by atoms with Gasteiger partial charge in [-0.1, -0.05) is 6.07 Å². The summed E-state index contributed by atoms with van der Waals surface area (Å²) in [7, 11) is 4.43. The van der Waals surface area contributed by atoms with Gasteiger partial charge in [0.05, 0.1) is 26.7 Å². The van der Waals surface area contributed by atoms with Crippen LogP contribution in [0.15, 0.2) is 41.2 Å². The van der Waals surface area contributed by atoms with E-state index in [0.717, 1.165) is 0 Å². The van der Waals surface area contributed by atoms with E-state index in [1.54, 1.807) is 32.0 Å². The molecule has 0 fully saturated rings. The maximum Gasteiger partial charge on any atom is 0.272 e. The van der Waals surface area contributed by atoms with Crippen LogP contribution >= 0.6 is 0 Å². The standard InChI is InChI=1S/C22H23FN2O5/c1-12(2)25-17(8-13-6-7-14(23)9-16(13)22(25)27)21(26)24-15-10-18(28-3)20(30-5)19(11-15)29-4/h6-12H,1-5H3,(H,24,26). The Kier molecular flexibility index (Phi) is 5.96. The minimum Gasteiger partial charge on any atom is -0.493 e. The van der Waals surface area contributed by atoms with E-state index >= 15 is 0 Å². The zero-order valence-corrected chi connectivity index (χ0v) is 17.4. The van der Waals surface area contributed by atoms with E-state index in [4.69, 9.17) is 14.2 Å². The van der Waals surface area contributed by atoms with Gasteiger partial charge in [-0.25, -0.2) is 4.39 Å². The van der Waals surface area contributed by atoms with Crippen LogP contribution in [0.3, 0.4) is 0 Å². The van der Waals surface area contributed by atoms with E-state index in [-0.39, 0.29) is 17.1 Å². The lowest BCUT2D eigenvalue weighted by molar-refractivity contribution is 0.101. The molecule has 0 saturated heterocycles. The Labute approximate surface area is 173 Å². The monoisotopic (exact) mass is 414 g/mol. The molecule has 3 aromatic rings. The largest absolute Gasteiger partial charge is 0.493 e. The quantitative estimate of drug-likeness (QED) is 0.660. The SMILES string of the molecule is COc1cc(NC(=O)c2cc3ccc(F)cc3c(=O)n2C(C)C)cc(OC)c1OC. The van der Waals surface area contributed by atoms with Crippen molar-refractivity contribution >= 4 is 22.4 Å². The Morgan fingerprint density at radius 3 is 2.17 bits per heavy atom. The lowest BCUT2D eigenvalue weighted by atomic mass is 10.1. The van der Waals surface area contributed by atoms with Crippen molar-refractivity contribution in [3.05, 3.63) is 58.3 Å². The fourth-order valence-corrected chi connectivity index (χ4v) is 3.33. The van der Waals surface area contributed by atoms with Gasteiger partial charge in [0.25, 0.3) is 11.5 Å². The molecular weight excluding hydrogens is 391 g/mol. The molecule has 1 N–H and O–H groups in total. The number of methoxy groups -OCH3 is 3. The van der Waals surface area contributed by atoms with Crippen molar-refractivity contribution in [2.24, 2.45) is 0 Å². The highest BCUT2D eigenvalue weighted by atomic mass is 19.1. The van der Waals surface area contributed by atoms with E-state index in [2.05, 4.69) is 5.32 Å². The number of pyridine rings is 1. The van der Waals surface area contributed by atoms with Crippen molar-refractivity contribution in [3.8, 4) is 17.2 Å².